The zero-order chi connectivity index (χ0) is 21.5. The number of fused-ring (bicyclic) bond motifs is 1. The van der Waals surface area contributed by atoms with Gasteiger partial charge in [-0.05, 0) is 68.1 Å². The van der Waals surface area contributed by atoms with Gasteiger partial charge in [-0.2, -0.15) is 0 Å². The molecule has 3 rings (SSSR count). The number of nitrogens with zero attached hydrogens (tertiary/aromatic N) is 2. The van der Waals surface area contributed by atoms with Crippen LogP contribution in [0.25, 0.3) is 0 Å². The largest absolute Gasteiger partial charge is 0.338 e. The molecule has 5 heteroatoms. The van der Waals surface area contributed by atoms with Gasteiger partial charge in [0.25, 0.3) is 0 Å². The number of hydrogen-bond donors (Lipinski definition) is 0. The van der Waals surface area contributed by atoms with E-state index in [0.29, 0.717) is 13.0 Å². The highest BCUT2D eigenvalue weighted by Gasteiger charge is 2.19. The molecule has 0 fully saturated rings. The number of rotatable bonds is 9. The van der Waals surface area contributed by atoms with Crippen LogP contribution in [0, 0.1) is 0 Å². The van der Waals surface area contributed by atoms with Gasteiger partial charge in [-0.3, -0.25) is 9.59 Å². The number of carbonyl (C=O) groups is 2. The summed E-state index contributed by atoms with van der Waals surface area (Å²) in [6.07, 6.45) is 4.23. The fourth-order valence-electron chi connectivity index (χ4n) is 3.94. The highest BCUT2D eigenvalue weighted by atomic mass is 35.5. The van der Waals surface area contributed by atoms with Crippen LogP contribution in [0.4, 0.5) is 0 Å². The molecule has 1 heterocycles. The van der Waals surface area contributed by atoms with E-state index in [1.54, 1.807) is 6.92 Å². The van der Waals surface area contributed by atoms with Crippen LogP contribution in [0.5, 0.6) is 0 Å². The smallest absolute Gasteiger partial charge is 0.219 e. The number of likely N-dealkylation sites (N-methyl/N-ethyl adjacent to an activating group) is 1. The maximum absolute atomic E-state index is 12.6. The lowest BCUT2D eigenvalue weighted by Gasteiger charge is -2.28. The number of halogens is 1. The van der Waals surface area contributed by atoms with E-state index in [9.17, 15) is 9.59 Å². The first-order valence-corrected chi connectivity index (χ1v) is 11.1. The van der Waals surface area contributed by atoms with Gasteiger partial charge in [-0.15, -0.1) is 0 Å². The summed E-state index contributed by atoms with van der Waals surface area (Å²) >= 11 is 6.22. The van der Waals surface area contributed by atoms with Crippen molar-refractivity contribution in [2.45, 2.75) is 45.6 Å². The molecule has 0 saturated carbocycles. The van der Waals surface area contributed by atoms with Crippen molar-refractivity contribution in [3.63, 3.8) is 0 Å². The molecule has 0 saturated heterocycles. The third kappa shape index (κ3) is 6.16. The number of benzene rings is 2. The molecule has 0 atom stereocenters. The molecule has 0 unspecified atom stereocenters. The molecule has 30 heavy (non-hydrogen) atoms. The Balaban J connectivity index is 1.41. The predicted octanol–water partition coefficient (Wildman–Crippen LogP) is 4.77. The number of unbranched alkanes of at least 4 members (excludes halogenated alkanes) is 1. The van der Waals surface area contributed by atoms with Gasteiger partial charge in [0.1, 0.15) is 0 Å². The second kappa shape index (κ2) is 10.7. The summed E-state index contributed by atoms with van der Waals surface area (Å²) in [4.78, 5) is 28.4. The van der Waals surface area contributed by atoms with Crippen molar-refractivity contribution in [1.82, 2.24) is 9.80 Å². The number of ketones is 1. The van der Waals surface area contributed by atoms with E-state index >= 15 is 0 Å². The number of carbonyl (C=O) groups excluding carboxylic acids is 2. The molecule has 1 aliphatic heterocycles. The third-order valence-electron chi connectivity index (χ3n) is 5.90. The lowest BCUT2D eigenvalue weighted by Crippen LogP contribution is -2.34. The Bertz CT molecular complexity index is 896. The van der Waals surface area contributed by atoms with Crippen molar-refractivity contribution in [3.8, 4) is 0 Å². The highest BCUT2D eigenvalue weighted by Crippen LogP contribution is 2.22. The quantitative estimate of drug-likeness (QED) is 0.428. The molecule has 0 N–H and O–H groups in total. The van der Waals surface area contributed by atoms with Crippen LogP contribution >= 0.6 is 11.6 Å². The Hall–Kier alpha value is -2.17. The van der Waals surface area contributed by atoms with Crippen molar-refractivity contribution in [3.05, 3.63) is 69.7 Å². The Kier molecular flexibility index (Phi) is 8.06. The summed E-state index contributed by atoms with van der Waals surface area (Å²) in [7, 11) is 2.11. The summed E-state index contributed by atoms with van der Waals surface area (Å²) in [5, 5.41) is 0.827. The zero-order valence-corrected chi connectivity index (χ0v) is 18.8. The Labute approximate surface area is 184 Å². The highest BCUT2D eigenvalue weighted by molar-refractivity contribution is 6.31. The minimum Gasteiger partial charge on any atom is -0.338 e. The van der Waals surface area contributed by atoms with Crippen LogP contribution < -0.4 is 0 Å². The van der Waals surface area contributed by atoms with Gasteiger partial charge < -0.3 is 9.80 Å². The first kappa shape index (κ1) is 22.5. The molecule has 0 aliphatic carbocycles. The third-order valence-corrected chi connectivity index (χ3v) is 6.27. The molecule has 0 radical (unpaired) electrons. The molecular formula is C25H31ClN2O2. The van der Waals surface area contributed by atoms with E-state index in [2.05, 4.69) is 24.1 Å². The molecule has 2 aromatic carbocycles. The van der Waals surface area contributed by atoms with Crippen molar-refractivity contribution < 1.29 is 9.59 Å². The average molecular weight is 427 g/mol. The summed E-state index contributed by atoms with van der Waals surface area (Å²) < 4.78 is 0. The van der Waals surface area contributed by atoms with Crippen molar-refractivity contribution in [2.24, 2.45) is 0 Å². The monoisotopic (exact) mass is 426 g/mol. The van der Waals surface area contributed by atoms with Gasteiger partial charge in [0.05, 0.1) is 0 Å². The fraction of sp³-hybridized carbons (Fsp3) is 0.440. The standard InChI is InChI=1S/C25H31ClN2O2/c1-19(29)28-16-13-20-10-11-22(17-23(20)18-28)25(30)9-5-6-14-27(2)15-12-21-7-3-4-8-24(21)26/h3-4,7-8,10-11,17H,5-6,9,12-16,18H2,1-2H3. The molecule has 0 aromatic heterocycles. The van der Waals surface area contributed by atoms with Crippen molar-refractivity contribution in [2.75, 3.05) is 26.7 Å². The number of amides is 1. The van der Waals surface area contributed by atoms with Gasteiger partial charge in [-0.1, -0.05) is 41.9 Å². The molecular weight excluding hydrogens is 396 g/mol. The van der Waals surface area contributed by atoms with Crippen LogP contribution in [-0.4, -0.2) is 48.2 Å². The normalized spacial score (nSPS) is 13.4. The van der Waals surface area contributed by atoms with Crippen molar-refractivity contribution >= 4 is 23.3 Å². The Morgan fingerprint density at radius 1 is 1.07 bits per heavy atom. The van der Waals surface area contributed by atoms with E-state index in [1.165, 1.54) is 11.1 Å². The first-order valence-electron chi connectivity index (χ1n) is 10.8. The van der Waals surface area contributed by atoms with E-state index in [-0.39, 0.29) is 11.7 Å². The van der Waals surface area contributed by atoms with Crippen LogP contribution in [0.3, 0.4) is 0 Å². The van der Waals surface area contributed by atoms with Crippen LogP contribution in [-0.2, 0) is 24.2 Å². The Morgan fingerprint density at radius 3 is 2.63 bits per heavy atom. The predicted molar refractivity (Wildman–Crippen MR) is 122 cm³/mol. The number of hydrogen-bond acceptors (Lipinski definition) is 3. The van der Waals surface area contributed by atoms with Gasteiger partial charge in [0.15, 0.2) is 5.78 Å². The maximum atomic E-state index is 12.6. The fourth-order valence-corrected chi connectivity index (χ4v) is 4.17. The lowest BCUT2D eigenvalue weighted by molar-refractivity contribution is -0.129. The topological polar surface area (TPSA) is 40.6 Å². The first-order chi connectivity index (χ1) is 14.4. The van der Waals surface area contributed by atoms with Crippen LogP contribution in [0.1, 0.15) is 53.2 Å². The second-order valence-corrected chi connectivity index (χ2v) is 8.61. The molecule has 160 valence electrons. The van der Waals surface area contributed by atoms with E-state index in [0.717, 1.165) is 61.5 Å². The molecule has 4 nitrogen and oxygen atoms in total. The van der Waals surface area contributed by atoms with E-state index in [1.807, 2.05) is 35.2 Å². The molecule has 2 aromatic rings. The average Bonchev–Trinajstić information content (AvgIpc) is 2.75. The summed E-state index contributed by atoms with van der Waals surface area (Å²) in [6.45, 7) is 4.90. The van der Waals surface area contributed by atoms with E-state index in [4.69, 9.17) is 11.6 Å². The second-order valence-electron chi connectivity index (χ2n) is 8.20. The van der Waals surface area contributed by atoms with E-state index < -0.39 is 0 Å². The summed E-state index contributed by atoms with van der Waals surface area (Å²) in [6, 6.07) is 14.0. The van der Waals surface area contributed by atoms with Crippen LogP contribution in [0.2, 0.25) is 5.02 Å². The molecule has 1 amide bonds. The van der Waals surface area contributed by atoms with Gasteiger partial charge >= 0.3 is 0 Å². The van der Waals surface area contributed by atoms with Crippen molar-refractivity contribution in [1.29, 1.82) is 0 Å². The molecule has 0 spiro atoms. The van der Waals surface area contributed by atoms with Gasteiger partial charge in [-0.25, -0.2) is 0 Å². The molecule has 0 bridgehead atoms. The minimum absolute atomic E-state index is 0.0936. The lowest BCUT2D eigenvalue weighted by atomic mass is 9.95. The minimum atomic E-state index is 0.0936. The SMILES string of the molecule is CC(=O)N1CCc2ccc(C(=O)CCCCN(C)CCc3ccccc3Cl)cc2C1. The summed E-state index contributed by atoms with van der Waals surface area (Å²) in [5.41, 5.74) is 4.31. The Morgan fingerprint density at radius 2 is 1.87 bits per heavy atom. The van der Waals surface area contributed by atoms with Gasteiger partial charge in [0.2, 0.25) is 5.91 Å². The van der Waals surface area contributed by atoms with Crippen LogP contribution in [0.15, 0.2) is 42.5 Å². The zero-order valence-electron chi connectivity index (χ0n) is 18.0. The number of Topliss-reactive ketones (excluding diaryl/α,β-unsaturated/α-hetero) is 1. The maximum Gasteiger partial charge on any atom is 0.219 e. The molecule has 1 aliphatic rings. The summed E-state index contributed by atoms with van der Waals surface area (Å²) in [5.74, 6) is 0.285. The van der Waals surface area contributed by atoms with Gasteiger partial charge in [0, 0.05) is 43.6 Å².